The lowest BCUT2D eigenvalue weighted by atomic mass is 10.2. The third-order valence-electron chi connectivity index (χ3n) is 3.06. The molecule has 2 aromatic carbocycles. The van der Waals surface area contributed by atoms with Crippen molar-refractivity contribution in [1.29, 1.82) is 0 Å². The first kappa shape index (κ1) is 17.4. The third-order valence-corrected chi connectivity index (χ3v) is 3.31. The Bertz CT molecular complexity index is 776. The van der Waals surface area contributed by atoms with Crippen LogP contribution in [0.5, 0.6) is 0 Å². The van der Waals surface area contributed by atoms with Crippen LogP contribution in [-0.4, -0.2) is 22.9 Å². The summed E-state index contributed by atoms with van der Waals surface area (Å²) in [5, 5.41) is 13.8. The number of amides is 1. The molecule has 0 saturated carbocycles. The van der Waals surface area contributed by atoms with Crippen LogP contribution < -0.4 is 5.32 Å². The fourth-order valence-corrected chi connectivity index (χ4v) is 1.93. The lowest BCUT2D eigenvalue weighted by molar-refractivity contribution is -0.384. The number of nitrogens with one attached hydrogen (secondary N) is 1. The van der Waals surface area contributed by atoms with Crippen molar-refractivity contribution in [3.05, 3.63) is 69.2 Å². The summed E-state index contributed by atoms with van der Waals surface area (Å²) in [6, 6.07) is 11.5. The summed E-state index contributed by atoms with van der Waals surface area (Å²) in [5.74, 6) is -1.35. The molecular weight excluding hydrogens is 336 g/mol. The minimum atomic E-state index is -1.08. The molecule has 124 valence electrons. The van der Waals surface area contributed by atoms with Crippen molar-refractivity contribution in [1.82, 2.24) is 0 Å². The van der Waals surface area contributed by atoms with Crippen LogP contribution in [0.4, 0.5) is 11.4 Å². The molecule has 0 unspecified atom stereocenters. The van der Waals surface area contributed by atoms with Gasteiger partial charge < -0.3 is 10.1 Å². The van der Waals surface area contributed by atoms with Gasteiger partial charge in [0.05, 0.1) is 10.5 Å². The fraction of sp³-hybridized carbons (Fsp3) is 0.125. The van der Waals surface area contributed by atoms with E-state index in [1.165, 1.54) is 25.1 Å². The number of non-ortho nitro benzene ring substituents is 1. The average Bonchev–Trinajstić information content (AvgIpc) is 2.56. The predicted octanol–water partition coefficient (Wildman–Crippen LogP) is 3.43. The minimum Gasteiger partial charge on any atom is -0.449 e. The Morgan fingerprint density at radius 1 is 1.21 bits per heavy atom. The zero-order valence-corrected chi connectivity index (χ0v) is 13.3. The molecule has 1 N–H and O–H groups in total. The van der Waals surface area contributed by atoms with Crippen LogP contribution in [0.2, 0.25) is 5.02 Å². The van der Waals surface area contributed by atoms with Crippen molar-refractivity contribution < 1.29 is 19.2 Å². The van der Waals surface area contributed by atoms with E-state index in [1.807, 2.05) is 0 Å². The van der Waals surface area contributed by atoms with E-state index in [0.717, 1.165) is 6.07 Å². The molecule has 8 heteroatoms. The highest BCUT2D eigenvalue weighted by Gasteiger charge is 2.20. The van der Waals surface area contributed by atoms with Gasteiger partial charge in [0.25, 0.3) is 11.6 Å². The molecule has 0 aliphatic heterocycles. The van der Waals surface area contributed by atoms with Gasteiger partial charge in [-0.2, -0.15) is 0 Å². The maximum absolute atomic E-state index is 12.0. The Balaban J connectivity index is 2.00. The summed E-state index contributed by atoms with van der Waals surface area (Å²) < 4.78 is 5.03. The summed E-state index contributed by atoms with van der Waals surface area (Å²) in [5.41, 5.74) is 0.265. The van der Waals surface area contributed by atoms with Crippen LogP contribution in [0.15, 0.2) is 48.5 Å². The summed E-state index contributed by atoms with van der Waals surface area (Å²) >= 11 is 5.75. The second-order valence-electron chi connectivity index (χ2n) is 4.85. The molecule has 0 aliphatic carbocycles. The lowest BCUT2D eigenvalue weighted by Gasteiger charge is -2.13. The van der Waals surface area contributed by atoms with Gasteiger partial charge in [-0.05, 0) is 37.3 Å². The SMILES string of the molecule is C[C@H](OC(=O)c1cccc([N+](=O)[O-])c1)C(=O)Nc1ccc(Cl)cc1. The molecule has 2 aromatic rings. The molecule has 0 fully saturated rings. The van der Waals surface area contributed by atoms with Crippen molar-refractivity contribution in [3.8, 4) is 0 Å². The molecule has 1 amide bonds. The number of benzene rings is 2. The molecule has 0 saturated heterocycles. The van der Waals surface area contributed by atoms with E-state index in [2.05, 4.69) is 5.32 Å². The van der Waals surface area contributed by atoms with Crippen molar-refractivity contribution in [3.63, 3.8) is 0 Å². The van der Waals surface area contributed by atoms with Gasteiger partial charge in [0.15, 0.2) is 6.10 Å². The fourth-order valence-electron chi connectivity index (χ4n) is 1.81. The number of esters is 1. The highest BCUT2D eigenvalue weighted by molar-refractivity contribution is 6.30. The van der Waals surface area contributed by atoms with Gasteiger partial charge in [-0.1, -0.05) is 17.7 Å². The average molecular weight is 349 g/mol. The van der Waals surface area contributed by atoms with Crippen LogP contribution in [0.1, 0.15) is 17.3 Å². The maximum atomic E-state index is 12.0. The van der Waals surface area contributed by atoms with Crippen molar-refractivity contribution in [2.24, 2.45) is 0 Å². The molecule has 0 aliphatic rings. The molecular formula is C16H13ClN2O5. The Morgan fingerprint density at radius 3 is 2.50 bits per heavy atom. The molecule has 0 bridgehead atoms. The molecule has 7 nitrogen and oxygen atoms in total. The van der Waals surface area contributed by atoms with Crippen molar-refractivity contribution in [2.45, 2.75) is 13.0 Å². The first-order valence-corrected chi connectivity index (χ1v) is 7.26. The standard InChI is InChI=1S/C16H13ClN2O5/c1-10(15(20)18-13-7-5-12(17)6-8-13)24-16(21)11-3-2-4-14(9-11)19(22)23/h2-10H,1H3,(H,18,20)/t10-/m0/s1. The van der Waals surface area contributed by atoms with Gasteiger partial charge in [0.1, 0.15) is 0 Å². The monoisotopic (exact) mass is 348 g/mol. The third kappa shape index (κ3) is 4.53. The number of carbonyl (C=O) groups excluding carboxylic acids is 2. The number of halogens is 1. The Morgan fingerprint density at radius 2 is 1.88 bits per heavy atom. The second kappa shape index (κ2) is 7.56. The molecule has 0 heterocycles. The van der Waals surface area contributed by atoms with Gasteiger partial charge in [0.2, 0.25) is 0 Å². The number of anilines is 1. The molecule has 1 atom stereocenters. The number of hydrogen-bond donors (Lipinski definition) is 1. The maximum Gasteiger partial charge on any atom is 0.339 e. The van der Waals surface area contributed by atoms with Gasteiger partial charge in [-0.3, -0.25) is 14.9 Å². The van der Waals surface area contributed by atoms with Gasteiger partial charge in [-0.15, -0.1) is 0 Å². The van der Waals surface area contributed by atoms with Crippen LogP contribution in [0.25, 0.3) is 0 Å². The van der Waals surface area contributed by atoms with Crippen molar-refractivity contribution >= 4 is 34.9 Å². The number of carbonyl (C=O) groups is 2. The van der Waals surface area contributed by atoms with Crippen LogP contribution >= 0.6 is 11.6 Å². The lowest BCUT2D eigenvalue weighted by Crippen LogP contribution is -2.30. The number of rotatable bonds is 5. The molecule has 0 radical (unpaired) electrons. The first-order chi connectivity index (χ1) is 11.4. The van der Waals surface area contributed by atoms with Crippen LogP contribution in [0.3, 0.4) is 0 Å². The number of hydrogen-bond acceptors (Lipinski definition) is 5. The quantitative estimate of drug-likeness (QED) is 0.507. The highest BCUT2D eigenvalue weighted by atomic mass is 35.5. The Labute approximate surface area is 142 Å². The van der Waals surface area contributed by atoms with E-state index in [4.69, 9.17) is 16.3 Å². The summed E-state index contributed by atoms with van der Waals surface area (Å²) in [7, 11) is 0. The highest BCUT2D eigenvalue weighted by Crippen LogP contribution is 2.16. The Hall–Kier alpha value is -2.93. The number of nitro benzene ring substituents is 1. The van der Waals surface area contributed by atoms with Crippen LogP contribution in [-0.2, 0) is 9.53 Å². The Kier molecular flexibility index (Phi) is 5.49. The number of ether oxygens (including phenoxy) is 1. The van der Waals surface area contributed by atoms with Gasteiger partial charge in [0, 0.05) is 22.8 Å². The van der Waals surface area contributed by atoms with E-state index in [9.17, 15) is 19.7 Å². The van der Waals surface area contributed by atoms with Gasteiger partial charge in [-0.25, -0.2) is 4.79 Å². The zero-order valence-electron chi connectivity index (χ0n) is 12.6. The van der Waals surface area contributed by atoms with E-state index in [1.54, 1.807) is 24.3 Å². The molecule has 2 rings (SSSR count). The number of nitrogens with zero attached hydrogens (tertiary/aromatic N) is 1. The topological polar surface area (TPSA) is 98.5 Å². The van der Waals surface area contributed by atoms with E-state index < -0.39 is 22.9 Å². The normalized spacial score (nSPS) is 11.4. The molecule has 24 heavy (non-hydrogen) atoms. The predicted molar refractivity (Wildman–Crippen MR) is 88.1 cm³/mol. The summed E-state index contributed by atoms with van der Waals surface area (Å²) in [6.07, 6.45) is -1.08. The summed E-state index contributed by atoms with van der Waals surface area (Å²) in [4.78, 5) is 34.1. The van der Waals surface area contributed by atoms with Crippen molar-refractivity contribution in [2.75, 3.05) is 5.32 Å². The van der Waals surface area contributed by atoms with E-state index in [0.29, 0.717) is 10.7 Å². The largest absolute Gasteiger partial charge is 0.449 e. The zero-order chi connectivity index (χ0) is 17.7. The van der Waals surface area contributed by atoms with E-state index in [-0.39, 0.29) is 11.3 Å². The minimum absolute atomic E-state index is 0.00431. The van der Waals surface area contributed by atoms with Gasteiger partial charge >= 0.3 is 5.97 Å². The van der Waals surface area contributed by atoms with E-state index >= 15 is 0 Å². The molecule has 0 aromatic heterocycles. The van der Waals surface area contributed by atoms with Crippen LogP contribution in [0, 0.1) is 10.1 Å². The molecule has 0 spiro atoms. The smallest absolute Gasteiger partial charge is 0.339 e. The summed E-state index contributed by atoms with van der Waals surface area (Å²) in [6.45, 7) is 1.40. The second-order valence-corrected chi connectivity index (χ2v) is 5.29. The number of nitro groups is 1. The first-order valence-electron chi connectivity index (χ1n) is 6.88.